The molecule has 3 atom stereocenters. The second-order valence-electron chi connectivity index (χ2n) is 11.4. The van der Waals surface area contributed by atoms with Gasteiger partial charge in [-0.15, -0.1) is 0 Å². The van der Waals surface area contributed by atoms with Crippen molar-refractivity contribution >= 4 is 35.0 Å². The zero-order chi connectivity index (χ0) is 32.8. The summed E-state index contributed by atoms with van der Waals surface area (Å²) in [5.41, 5.74) is 2.15. The molecule has 2 aliphatic heterocycles. The van der Waals surface area contributed by atoms with Crippen LogP contribution in [0.1, 0.15) is 19.4 Å². The molecule has 244 valence electrons. The lowest BCUT2D eigenvalue weighted by Gasteiger charge is -2.34. The highest BCUT2D eigenvalue weighted by atomic mass is 16.7. The Hall–Kier alpha value is -5.17. The molecule has 13 nitrogen and oxygen atoms in total. The zero-order valence-corrected chi connectivity index (χ0v) is 26.2. The number of urea groups is 2. The third kappa shape index (κ3) is 7.72. The fourth-order valence-electron chi connectivity index (χ4n) is 5.24. The maximum atomic E-state index is 13.5. The first-order valence-electron chi connectivity index (χ1n) is 15.0. The van der Waals surface area contributed by atoms with Crippen LogP contribution in [0.25, 0.3) is 0 Å². The smallest absolute Gasteiger partial charge is 0.323 e. The fraction of sp³-hybridized carbons (Fsp3) is 0.364. The average Bonchev–Trinajstić information content (AvgIpc) is 3.53. The highest BCUT2D eigenvalue weighted by Crippen LogP contribution is 2.34. The van der Waals surface area contributed by atoms with E-state index >= 15 is 0 Å². The molecule has 0 aliphatic carbocycles. The molecule has 5 rings (SSSR count). The van der Waals surface area contributed by atoms with Crippen molar-refractivity contribution in [3.8, 4) is 23.0 Å². The van der Waals surface area contributed by atoms with Crippen LogP contribution in [0.5, 0.6) is 23.0 Å². The zero-order valence-electron chi connectivity index (χ0n) is 26.2. The Morgan fingerprint density at radius 2 is 1.63 bits per heavy atom. The molecule has 3 aromatic carbocycles. The number of aliphatic hydroxyl groups is 1. The Kier molecular flexibility index (Phi) is 10.0. The fourth-order valence-corrected chi connectivity index (χ4v) is 5.24. The van der Waals surface area contributed by atoms with Gasteiger partial charge in [-0.05, 0) is 61.5 Å². The molecule has 0 bridgehead atoms. The van der Waals surface area contributed by atoms with E-state index in [1.807, 2.05) is 6.92 Å². The number of anilines is 3. The molecule has 0 fully saturated rings. The maximum absolute atomic E-state index is 13.5. The highest BCUT2D eigenvalue weighted by Gasteiger charge is 2.32. The monoisotopic (exact) mass is 633 g/mol. The number of nitrogens with one attached hydrogen (secondary N) is 3. The van der Waals surface area contributed by atoms with Gasteiger partial charge in [0.25, 0.3) is 0 Å². The number of amides is 5. The Balaban J connectivity index is 1.33. The van der Waals surface area contributed by atoms with E-state index < -0.39 is 18.2 Å². The van der Waals surface area contributed by atoms with Crippen LogP contribution in [0.4, 0.5) is 26.7 Å². The minimum Gasteiger partial charge on any atom is -0.497 e. The van der Waals surface area contributed by atoms with Crippen molar-refractivity contribution in [2.75, 3.05) is 56.6 Å². The summed E-state index contributed by atoms with van der Waals surface area (Å²) in [6.07, 6.45) is -0.510. The average molecular weight is 634 g/mol. The van der Waals surface area contributed by atoms with Crippen LogP contribution in [0.15, 0.2) is 60.7 Å². The molecule has 2 heterocycles. The van der Waals surface area contributed by atoms with Crippen molar-refractivity contribution in [2.45, 2.75) is 32.4 Å². The standard InChI is InChI=1S/C33H39N5O8/c1-20-16-38(21(2)18-39)31(40)14-22-13-24(34-32(41)35-25-8-12-28-29(15-25)45-19-44-28)7-11-27(22)46-30(20)17-37(3)33(42)36-23-5-9-26(43-4)10-6-23/h5-13,15,20-21,30,39H,14,16-19H2,1-4H3,(H,36,42)(H2,34,35,41)/t20-,21+,30-/m1/s1. The van der Waals surface area contributed by atoms with Crippen LogP contribution >= 0.6 is 0 Å². The number of carbonyl (C=O) groups excluding carboxylic acids is 3. The third-order valence-electron chi connectivity index (χ3n) is 7.95. The van der Waals surface area contributed by atoms with Crippen molar-refractivity contribution in [3.63, 3.8) is 0 Å². The first-order valence-corrected chi connectivity index (χ1v) is 15.0. The van der Waals surface area contributed by atoms with Gasteiger partial charge in [0.2, 0.25) is 12.7 Å². The second kappa shape index (κ2) is 14.3. The topological polar surface area (TPSA) is 151 Å². The molecular weight excluding hydrogens is 594 g/mol. The van der Waals surface area contributed by atoms with Gasteiger partial charge in [0, 0.05) is 48.2 Å². The van der Waals surface area contributed by atoms with Crippen molar-refractivity contribution in [2.24, 2.45) is 5.92 Å². The van der Waals surface area contributed by atoms with E-state index in [1.54, 1.807) is 86.6 Å². The van der Waals surface area contributed by atoms with Gasteiger partial charge >= 0.3 is 12.1 Å². The number of carbonyl (C=O) groups is 3. The SMILES string of the molecule is COc1ccc(NC(=O)N(C)C[C@H]2Oc3ccc(NC(=O)Nc4ccc5c(c4)OCO5)cc3CC(=O)N([C@@H](C)CO)C[C@H]2C)cc1. The van der Waals surface area contributed by atoms with E-state index in [9.17, 15) is 19.5 Å². The van der Waals surface area contributed by atoms with Crippen LogP contribution < -0.4 is 34.9 Å². The third-order valence-corrected chi connectivity index (χ3v) is 7.95. The summed E-state index contributed by atoms with van der Waals surface area (Å²) in [5.74, 6) is 1.90. The molecule has 3 aromatic rings. The van der Waals surface area contributed by atoms with Gasteiger partial charge in [0.1, 0.15) is 17.6 Å². The van der Waals surface area contributed by atoms with Crippen LogP contribution in [0, 0.1) is 5.92 Å². The number of rotatable bonds is 8. The number of hydrogen-bond donors (Lipinski definition) is 4. The first kappa shape index (κ1) is 32.2. The predicted octanol–water partition coefficient (Wildman–Crippen LogP) is 4.38. The van der Waals surface area contributed by atoms with Crippen molar-refractivity contribution in [3.05, 3.63) is 66.2 Å². The van der Waals surface area contributed by atoms with Gasteiger partial charge in [-0.3, -0.25) is 4.79 Å². The van der Waals surface area contributed by atoms with E-state index in [0.717, 1.165) is 0 Å². The molecule has 0 radical (unpaired) electrons. The van der Waals surface area contributed by atoms with Gasteiger partial charge in [-0.2, -0.15) is 0 Å². The van der Waals surface area contributed by atoms with E-state index in [1.165, 1.54) is 4.90 Å². The van der Waals surface area contributed by atoms with E-state index in [0.29, 0.717) is 52.2 Å². The molecular formula is C33H39N5O8. The molecule has 2 aliphatic rings. The number of likely N-dealkylation sites (N-methyl/N-ethyl adjacent to an activating group) is 1. The molecule has 46 heavy (non-hydrogen) atoms. The summed E-state index contributed by atoms with van der Waals surface area (Å²) >= 11 is 0. The minimum absolute atomic E-state index is 0.00773. The lowest BCUT2D eigenvalue weighted by molar-refractivity contribution is -0.134. The number of fused-ring (bicyclic) bond motifs is 2. The normalized spacial score (nSPS) is 17.8. The number of hydrogen-bond acceptors (Lipinski definition) is 8. The number of benzene rings is 3. The van der Waals surface area contributed by atoms with Gasteiger partial charge in [-0.25, -0.2) is 9.59 Å². The predicted molar refractivity (Wildman–Crippen MR) is 172 cm³/mol. The number of ether oxygens (including phenoxy) is 4. The Morgan fingerprint density at radius 3 is 2.33 bits per heavy atom. The molecule has 0 saturated carbocycles. The second-order valence-corrected chi connectivity index (χ2v) is 11.4. The molecule has 0 unspecified atom stereocenters. The highest BCUT2D eigenvalue weighted by molar-refractivity contribution is 6.00. The van der Waals surface area contributed by atoms with E-state index in [4.69, 9.17) is 18.9 Å². The van der Waals surface area contributed by atoms with E-state index in [-0.39, 0.29) is 44.2 Å². The van der Waals surface area contributed by atoms with E-state index in [2.05, 4.69) is 16.0 Å². The summed E-state index contributed by atoms with van der Waals surface area (Å²) < 4.78 is 22.4. The van der Waals surface area contributed by atoms with Crippen LogP contribution in [-0.2, 0) is 11.2 Å². The number of aliphatic hydroxyl groups excluding tert-OH is 1. The minimum atomic E-state index is -0.502. The summed E-state index contributed by atoms with van der Waals surface area (Å²) in [7, 11) is 3.25. The van der Waals surface area contributed by atoms with Crippen LogP contribution in [0.2, 0.25) is 0 Å². The molecule has 0 saturated heterocycles. The first-order chi connectivity index (χ1) is 22.1. The largest absolute Gasteiger partial charge is 0.497 e. The van der Waals surface area contributed by atoms with Gasteiger partial charge in [-0.1, -0.05) is 6.92 Å². The number of methoxy groups -OCH3 is 1. The number of nitrogens with zero attached hydrogens (tertiary/aromatic N) is 2. The molecule has 4 N–H and O–H groups in total. The lowest BCUT2D eigenvalue weighted by Crippen LogP contribution is -2.48. The van der Waals surface area contributed by atoms with Crippen molar-refractivity contribution in [1.82, 2.24) is 9.80 Å². The Bertz CT molecular complexity index is 1570. The molecule has 13 heteroatoms. The van der Waals surface area contributed by atoms with Crippen LogP contribution in [0.3, 0.4) is 0 Å². The van der Waals surface area contributed by atoms with Crippen molar-refractivity contribution in [1.29, 1.82) is 0 Å². The summed E-state index contributed by atoms with van der Waals surface area (Å²) in [6.45, 7) is 4.19. The molecule has 0 aromatic heterocycles. The quantitative estimate of drug-likeness (QED) is 0.285. The lowest BCUT2D eigenvalue weighted by atomic mass is 10.0. The van der Waals surface area contributed by atoms with Gasteiger partial charge < -0.3 is 49.8 Å². The molecule has 0 spiro atoms. The Morgan fingerprint density at radius 1 is 0.978 bits per heavy atom. The summed E-state index contributed by atoms with van der Waals surface area (Å²) in [6, 6.07) is 16.0. The summed E-state index contributed by atoms with van der Waals surface area (Å²) in [5, 5.41) is 18.4. The maximum Gasteiger partial charge on any atom is 0.323 e. The Labute approximate surface area is 267 Å². The van der Waals surface area contributed by atoms with Crippen molar-refractivity contribution < 1.29 is 38.4 Å². The summed E-state index contributed by atoms with van der Waals surface area (Å²) in [4.78, 5) is 42.6. The van der Waals surface area contributed by atoms with Gasteiger partial charge in [0.05, 0.1) is 32.7 Å². The van der Waals surface area contributed by atoms with Crippen LogP contribution in [-0.4, -0.2) is 85.7 Å². The molecule has 5 amide bonds. The van der Waals surface area contributed by atoms with Gasteiger partial charge in [0.15, 0.2) is 11.5 Å².